The molecule has 0 saturated carbocycles. The zero-order valence-corrected chi connectivity index (χ0v) is 16.1. The van der Waals surface area contributed by atoms with Gasteiger partial charge in [0.25, 0.3) is 5.91 Å². The number of carbonyl (C=O) groups is 1. The molecule has 1 aromatic heterocycles. The van der Waals surface area contributed by atoms with Crippen molar-refractivity contribution in [3.8, 4) is 17.1 Å². The second-order valence-corrected chi connectivity index (χ2v) is 6.84. The molecular weight excluding hydrogens is 367 g/mol. The Hall–Kier alpha value is -3.80. The molecule has 0 atom stereocenters. The van der Waals surface area contributed by atoms with Crippen LogP contribution in [0, 0.1) is 19.7 Å². The number of hydrogen-bond acceptors (Lipinski definition) is 3. The van der Waals surface area contributed by atoms with Crippen molar-refractivity contribution in [3.63, 3.8) is 0 Å². The highest BCUT2D eigenvalue weighted by atomic mass is 19.1. The van der Waals surface area contributed by atoms with E-state index in [1.807, 2.05) is 62.4 Å². The molecule has 3 aromatic carbocycles. The summed E-state index contributed by atoms with van der Waals surface area (Å²) in [5.41, 5.74) is 4.23. The topological polar surface area (TPSA) is 59.8 Å². The number of halogens is 1. The molecule has 4 aromatic rings. The Bertz CT molecular complexity index is 1100. The maximum absolute atomic E-state index is 13.4. The Morgan fingerprint density at radius 2 is 1.66 bits per heavy atom. The third-order valence-electron chi connectivity index (χ3n) is 4.47. The number of rotatable bonds is 4. The highest BCUT2D eigenvalue weighted by molar-refractivity contribution is 6.01. The van der Waals surface area contributed by atoms with E-state index in [1.165, 1.54) is 12.1 Å². The van der Waals surface area contributed by atoms with Gasteiger partial charge in [0.05, 0.1) is 5.69 Å². The molecule has 144 valence electrons. The van der Waals surface area contributed by atoms with Gasteiger partial charge in [-0.25, -0.2) is 14.1 Å². The normalized spacial score (nSPS) is 10.7. The Morgan fingerprint density at radius 1 is 0.931 bits per heavy atom. The van der Waals surface area contributed by atoms with Crippen molar-refractivity contribution < 1.29 is 9.18 Å². The lowest BCUT2D eigenvalue weighted by Gasteiger charge is -2.06. The summed E-state index contributed by atoms with van der Waals surface area (Å²) in [5.74, 6) is -0.257. The smallest absolute Gasteiger partial charge is 0.295 e. The van der Waals surface area contributed by atoms with Crippen LogP contribution in [0.25, 0.3) is 17.1 Å². The van der Waals surface area contributed by atoms with E-state index in [0.717, 1.165) is 16.8 Å². The zero-order chi connectivity index (χ0) is 20.4. The molecule has 0 fully saturated rings. The molecule has 5 nitrogen and oxygen atoms in total. The van der Waals surface area contributed by atoms with Crippen LogP contribution in [0.1, 0.15) is 21.7 Å². The molecule has 0 bridgehead atoms. The summed E-state index contributed by atoms with van der Waals surface area (Å²) in [6.07, 6.45) is 0. The quantitative estimate of drug-likeness (QED) is 0.540. The van der Waals surface area contributed by atoms with Gasteiger partial charge in [-0.15, -0.1) is 5.10 Å². The van der Waals surface area contributed by atoms with Crippen LogP contribution in [0.2, 0.25) is 0 Å². The molecule has 1 amide bonds. The highest BCUT2D eigenvalue weighted by Gasteiger charge is 2.19. The van der Waals surface area contributed by atoms with E-state index in [-0.39, 0.29) is 11.6 Å². The molecule has 1 N–H and O–H groups in total. The number of carbonyl (C=O) groups excluding carboxylic acids is 1. The van der Waals surface area contributed by atoms with Crippen molar-refractivity contribution in [1.82, 2.24) is 14.8 Å². The van der Waals surface area contributed by atoms with Crippen LogP contribution < -0.4 is 5.32 Å². The molecular formula is C23H19FN4O. The molecule has 0 saturated heterocycles. The molecule has 0 radical (unpaired) electrons. The van der Waals surface area contributed by atoms with Gasteiger partial charge in [-0.2, -0.15) is 0 Å². The fourth-order valence-electron chi connectivity index (χ4n) is 2.97. The van der Waals surface area contributed by atoms with Gasteiger partial charge in [0.15, 0.2) is 5.82 Å². The van der Waals surface area contributed by atoms with E-state index in [0.29, 0.717) is 17.1 Å². The van der Waals surface area contributed by atoms with Gasteiger partial charge in [-0.05, 0) is 67.9 Å². The average Bonchev–Trinajstić information content (AvgIpc) is 3.15. The summed E-state index contributed by atoms with van der Waals surface area (Å²) in [6.45, 7) is 3.94. The van der Waals surface area contributed by atoms with E-state index in [9.17, 15) is 9.18 Å². The zero-order valence-electron chi connectivity index (χ0n) is 16.1. The molecule has 0 aliphatic heterocycles. The SMILES string of the molecule is Cc1ccc(-n2nc(C(=O)Nc3cccc(C)c3)nc2-c2ccc(F)cc2)cc1. The van der Waals surface area contributed by atoms with Gasteiger partial charge >= 0.3 is 0 Å². The third kappa shape index (κ3) is 4.06. The number of hydrogen-bond donors (Lipinski definition) is 1. The minimum absolute atomic E-state index is 0.0337. The van der Waals surface area contributed by atoms with Crippen molar-refractivity contribution in [2.24, 2.45) is 0 Å². The molecule has 0 spiro atoms. The van der Waals surface area contributed by atoms with Gasteiger partial charge < -0.3 is 5.32 Å². The summed E-state index contributed by atoms with van der Waals surface area (Å²) < 4.78 is 15.0. The highest BCUT2D eigenvalue weighted by Crippen LogP contribution is 2.22. The minimum Gasteiger partial charge on any atom is -0.319 e. The monoisotopic (exact) mass is 386 g/mol. The van der Waals surface area contributed by atoms with Crippen LogP contribution in [0.15, 0.2) is 72.8 Å². The average molecular weight is 386 g/mol. The van der Waals surface area contributed by atoms with Gasteiger partial charge in [0, 0.05) is 11.3 Å². The molecule has 0 aliphatic carbocycles. The van der Waals surface area contributed by atoms with Crippen molar-refractivity contribution in [2.45, 2.75) is 13.8 Å². The number of nitrogens with zero attached hydrogens (tertiary/aromatic N) is 3. The van der Waals surface area contributed by atoms with Gasteiger partial charge in [-0.3, -0.25) is 4.79 Å². The first-order valence-electron chi connectivity index (χ1n) is 9.18. The van der Waals surface area contributed by atoms with Crippen LogP contribution in [0.4, 0.5) is 10.1 Å². The molecule has 6 heteroatoms. The Labute approximate surface area is 167 Å². The lowest BCUT2D eigenvalue weighted by molar-refractivity contribution is 0.101. The van der Waals surface area contributed by atoms with Crippen molar-refractivity contribution in [3.05, 3.63) is 95.6 Å². The van der Waals surface area contributed by atoms with Gasteiger partial charge in [0.1, 0.15) is 5.82 Å². The lowest BCUT2D eigenvalue weighted by Crippen LogP contribution is -2.14. The van der Waals surface area contributed by atoms with Crippen LogP contribution in [-0.2, 0) is 0 Å². The number of amides is 1. The number of benzene rings is 3. The number of nitrogens with one attached hydrogen (secondary N) is 1. The maximum atomic E-state index is 13.4. The van der Waals surface area contributed by atoms with Crippen LogP contribution >= 0.6 is 0 Å². The summed E-state index contributed by atoms with van der Waals surface area (Å²) in [6, 6.07) is 21.2. The predicted octanol–water partition coefficient (Wildman–Crippen LogP) is 4.94. The minimum atomic E-state index is -0.412. The van der Waals surface area contributed by atoms with Crippen molar-refractivity contribution >= 4 is 11.6 Å². The fraction of sp³-hybridized carbons (Fsp3) is 0.0870. The third-order valence-corrected chi connectivity index (χ3v) is 4.47. The largest absolute Gasteiger partial charge is 0.319 e. The maximum Gasteiger partial charge on any atom is 0.295 e. The Morgan fingerprint density at radius 3 is 2.34 bits per heavy atom. The number of aryl methyl sites for hydroxylation is 2. The first-order valence-corrected chi connectivity index (χ1v) is 9.18. The Balaban J connectivity index is 1.75. The van der Waals surface area contributed by atoms with E-state index < -0.39 is 5.91 Å². The van der Waals surface area contributed by atoms with Crippen molar-refractivity contribution in [1.29, 1.82) is 0 Å². The van der Waals surface area contributed by atoms with E-state index in [1.54, 1.807) is 16.8 Å². The molecule has 29 heavy (non-hydrogen) atoms. The number of aromatic nitrogens is 3. The summed E-state index contributed by atoms with van der Waals surface area (Å²) in [5, 5.41) is 7.25. The van der Waals surface area contributed by atoms with Crippen LogP contribution in [0.5, 0.6) is 0 Å². The summed E-state index contributed by atoms with van der Waals surface area (Å²) in [4.78, 5) is 17.2. The number of anilines is 1. The predicted molar refractivity (Wildman–Crippen MR) is 111 cm³/mol. The second-order valence-electron chi connectivity index (χ2n) is 6.84. The summed E-state index contributed by atoms with van der Waals surface area (Å²) >= 11 is 0. The van der Waals surface area contributed by atoms with E-state index in [4.69, 9.17) is 0 Å². The van der Waals surface area contributed by atoms with Crippen molar-refractivity contribution in [2.75, 3.05) is 5.32 Å². The molecule has 1 heterocycles. The second kappa shape index (κ2) is 7.67. The van der Waals surface area contributed by atoms with E-state index >= 15 is 0 Å². The first-order chi connectivity index (χ1) is 14.0. The first kappa shape index (κ1) is 18.6. The fourth-order valence-corrected chi connectivity index (χ4v) is 2.97. The molecule has 4 rings (SSSR count). The van der Waals surface area contributed by atoms with Crippen LogP contribution in [0.3, 0.4) is 0 Å². The van der Waals surface area contributed by atoms with Crippen LogP contribution in [-0.4, -0.2) is 20.7 Å². The summed E-state index contributed by atoms with van der Waals surface area (Å²) in [7, 11) is 0. The van der Waals surface area contributed by atoms with Gasteiger partial charge in [0.2, 0.25) is 5.82 Å². The van der Waals surface area contributed by atoms with E-state index in [2.05, 4.69) is 15.4 Å². The standard InChI is InChI=1S/C23H19FN4O/c1-15-6-12-20(13-7-15)28-22(17-8-10-18(24)11-9-17)26-21(27-28)23(29)25-19-5-3-4-16(2)14-19/h3-14H,1-2H3,(H,25,29). The Kier molecular flexibility index (Phi) is 4.91. The lowest BCUT2D eigenvalue weighted by atomic mass is 10.2. The molecule has 0 unspecified atom stereocenters. The van der Waals surface area contributed by atoms with Gasteiger partial charge in [-0.1, -0.05) is 29.8 Å². The molecule has 0 aliphatic rings.